The zero-order valence-electron chi connectivity index (χ0n) is 9.48. The normalized spacial score (nSPS) is 10.4. The van der Waals surface area contributed by atoms with Crippen molar-refractivity contribution in [3.05, 3.63) is 60.4 Å². The van der Waals surface area contributed by atoms with E-state index >= 15 is 0 Å². The standard InChI is InChI=1S/C12H12N2O2S.ClH/c15-17(16,10-11-4-2-1-3-5-11)14-12-6-8-13-9-7-12;/h1-9H,10H2,(H,13,14);1H. The molecule has 18 heavy (non-hydrogen) atoms. The summed E-state index contributed by atoms with van der Waals surface area (Å²) >= 11 is 0. The lowest BCUT2D eigenvalue weighted by Crippen LogP contribution is -2.14. The first-order valence-electron chi connectivity index (χ1n) is 5.10. The molecular formula is C12H13ClN2O2S. The lowest BCUT2D eigenvalue weighted by atomic mass is 10.2. The van der Waals surface area contributed by atoms with Gasteiger partial charge in [0.05, 0.1) is 11.4 Å². The summed E-state index contributed by atoms with van der Waals surface area (Å²) in [4.78, 5) is 3.82. The summed E-state index contributed by atoms with van der Waals surface area (Å²) in [5, 5.41) is 0. The van der Waals surface area contributed by atoms with Crippen molar-refractivity contribution < 1.29 is 8.42 Å². The highest BCUT2D eigenvalue weighted by Crippen LogP contribution is 2.11. The van der Waals surface area contributed by atoms with Crippen LogP contribution in [0.5, 0.6) is 0 Å². The first-order valence-corrected chi connectivity index (χ1v) is 6.75. The van der Waals surface area contributed by atoms with Crippen LogP contribution in [0.25, 0.3) is 0 Å². The van der Waals surface area contributed by atoms with Crippen LogP contribution in [0.3, 0.4) is 0 Å². The Balaban J connectivity index is 0.00000162. The molecule has 0 fully saturated rings. The van der Waals surface area contributed by atoms with Crippen LogP contribution in [0.2, 0.25) is 0 Å². The van der Waals surface area contributed by atoms with Gasteiger partial charge in [-0.1, -0.05) is 30.3 Å². The molecule has 0 aliphatic rings. The van der Waals surface area contributed by atoms with Crippen LogP contribution in [0.15, 0.2) is 54.9 Å². The van der Waals surface area contributed by atoms with Crippen molar-refractivity contribution in [1.29, 1.82) is 0 Å². The number of sulfonamides is 1. The quantitative estimate of drug-likeness (QED) is 0.938. The molecule has 0 bridgehead atoms. The highest BCUT2D eigenvalue weighted by atomic mass is 35.5. The largest absolute Gasteiger partial charge is 0.283 e. The van der Waals surface area contributed by atoms with E-state index in [1.54, 1.807) is 36.7 Å². The number of rotatable bonds is 4. The second-order valence-corrected chi connectivity index (χ2v) is 5.30. The monoisotopic (exact) mass is 284 g/mol. The van der Waals surface area contributed by atoms with Gasteiger partial charge in [0.2, 0.25) is 10.0 Å². The van der Waals surface area contributed by atoms with Gasteiger partial charge in [-0.25, -0.2) is 8.42 Å². The van der Waals surface area contributed by atoms with Crippen LogP contribution >= 0.6 is 12.4 Å². The molecule has 0 amide bonds. The van der Waals surface area contributed by atoms with Gasteiger partial charge in [-0.15, -0.1) is 12.4 Å². The molecule has 0 unspecified atom stereocenters. The third kappa shape index (κ3) is 4.35. The van der Waals surface area contributed by atoms with E-state index in [-0.39, 0.29) is 18.2 Å². The summed E-state index contributed by atoms with van der Waals surface area (Å²) in [5.41, 5.74) is 1.28. The Morgan fingerprint density at radius 3 is 2.22 bits per heavy atom. The first-order chi connectivity index (χ1) is 8.16. The summed E-state index contributed by atoms with van der Waals surface area (Å²) in [6.07, 6.45) is 3.08. The topological polar surface area (TPSA) is 59.1 Å². The number of benzene rings is 1. The lowest BCUT2D eigenvalue weighted by Gasteiger charge is -2.07. The Morgan fingerprint density at radius 1 is 1.00 bits per heavy atom. The molecule has 0 radical (unpaired) electrons. The van der Waals surface area contributed by atoms with Crippen LogP contribution in [-0.2, 0) is 15.8 Å². The van der Waals surface area contributed by atoms with E-state index in [0.717, 1.165) is 5.56 Å². The molecule has 2 aromatic rings. The highest BCUT2D eigenvalue weighted by Gasteiger charge is 2.10. The Kier molecular flexibility index (Phi) is 5.12. The number of nitrogens with zero attached hydrogens (tertiary/aromatic N) is 1. The maximum Gasteiger partial charge on any atom is 0.236 e. The van der Waals surface area contributed by atoms with E-state index in [2.05, 4.69) is 9.71 Å². The van der Waals surface area contributed by atoms with Gasteiger partial charge in [0.25, 0.3) is 0 Å². The third-order valence-electron chi connectivity index (χ3n) is 2.15. The fraction of sp³-hybridized carbons (Fsp3) is 0.0833. The van der Waals surface area contributed by atoms with Crippen LogP contribution in [0, 0.1) is 0 Å². The van der Waals surface area contributed by atoms with E-state index in [4.69, 9.17) is 0 Å². The number of nitrogens with one attached hydrogen (secondary N) is 1. The molecular weight excluding hydrogens is 272 g/mol. The summed E-state index contributed by atoms with van der Waals surface area (Å²) in [6, 6.07) is 12.3. The maximum absolute atomic E-state index is 11.8. The molecule has 0 aliphatic carbocycles. The van der Waals surface area contributed by atoms with Gasteiger partial charge in [-0.3, -0.25) is 9.71 Å². The van der Waals surface area contributed by atoms with Crippen molar-refractivity contribution in [1.82, 2.24) is 4.98 Å². The van der Waals surface area contributed by atoms with Gasteiger partial charge in [0.1, 0.15) is 0 Å². The SMILES string of the molecule is Cl.O=S(=O)(Cc1ccccc1)Nc1ccncc1. The van der Waals surface area contributed by atoms with Gasteiger partial charge in [-0.2, -0.15) is 0 Å². The number of anilines is 1. The van der Waals surface area contributed by atoms with Gasteiger partial charge in [0.15, 0.2) is 0 Å². The van der Waals surface area contributed by atoms with E-state index in [0.29, 0.717) is 5.69 Å². The van der Waals surface area contributed by atoms with Gasteiger partial charge >= 0.3 is 0 Å². The molecule has 2 rings (SSSR count). The van der Waals surface area contributed by atoms with Gasteiger partial charge in [-0.05, 0) is 17.7 Å². The molecule has 0 saturated heterocycles. The minimum Gasteiger partial charge on any atom is -0.283 e. The van der Waals surface area contributed by atoms with Crippen LogP contribution in [0.1, 0.15) is 5.56 Å². The average Bonchev–Trinajstić information content (AvgIpc) is 2.30. The number of hydrogen-bond donors (Lipinski definition) is 1. The van der Waals surface area contributed by atoms with Crippen molar-refractivity contribution in [3.63, 3.8) is 0 Å². The number of pyridine rings is 1. The molecule has 96 valence electrons. The first kappa shape index (κ1) is 14.5. The average molecular weight is 285 g/mol. The summed E-state index contributed by atoms with van der Waals surface area (Å²) in [7, 11) is -3.37. The third-order valence-corrected chi connectivity index (χ3v) is 3.41. The Hall–Kier alpha value is -1.59. The Morgan fingerprint density at radius 2 is 1.61 bits per heavy atom. The minimum absolute atomic E-state index is 0. The summed E-state index contributed by atoms with van der Waals surface area (Å²) < 4.78 is 26.2. The molecule has 1 aromatic carbocycles. The molecule has 1 aromatic heterocycles. The second-order valence-electron chi connectivity index (χ2n) is 3.58. The van der Waals surface area contributed by atoms with Crippen molar-refractivity contribution in [2.24, 2.45) is 0 Å². The van der Waals surface area contributed by atoms with E-state index < -0.39 is 10.0 Å². The lowest BCUT2D eigenvalue weighted by molar-refractivity contribution is 0.600. The molecule has 0 spiro atoms. The highest BCUT2D eigenvalue weighted by molar-refractivity contribution is 7.91. The predicted molar refractivity (Wildman–Crippen MR) is 74.2 cm³/mol. The van der Waals surface area contributed by atoms with Crippen molar-refractivity contribution in [3.8, 4) is 0 Å². The second kappa shape index (κ2) is 6.37. The number of aromatic nitrogens is 1. The molecule has 0 aliphatic heterocycles. The fourth-order valence-corrected chi connectivity index (χ4v) is 2.63. The predicted octanol–water partition coefficient (Wildman–Crippen LogP) is 2.45. The van der Waals surface area contributed by atoms with E-state index in [1.165, 1.54) is 0 Å². The zero-order chi connectivity index (χ0) is 12.1. The maximum atomic E-state index is 11.8. The van der Waals surface area contributed by atoms with Crippen molar-refractivity contribution >= 4 is 28.1 Å². The zero-order valence-corrected chi connectivity index (χ0v) is 11.1. The molecule has 1 N–H and O–H groups in total. The molecule has 6 heteroatoms. The van der Waals surface area contributed by atoms with Crippen LogP contribution in [-0.4, -0.2) is 13.4 Å². The van der Waals surface area contributed by atoms with Gasteiger partial charge < -0.3 is 0 Å². The molecule has 4 nitrogen and oxygen atoms in total. The number of hydrogen-bond acceptors (Lipinski definition) is 3. The Bertz CT molecular complexity index is 526. The molecule has 0 saturated carbocycles. The summed E-state index contributed by atoms with van der Waals surface area (Å²) in [5.74, 6) is -0.0316. The van der Waals surface area contributed by atoms with E-state index in [1.807, 2.05) is 18.2 Å². The Labute approximate surface area is 113 Å². The molecule has 0 atom stereocenters. The van der Waals surface area contributed by atoms with Crippen molar-refractivity contribution in [2.75, 3.05) is 4.72 Å². The smallest absolute Gasteiger partial charge is 0.236 e. The molecule has 1 heterocycles. The minimum atomic E-state index is -3.37. The van der Waals surface area contributed by atoms with Crippen LogP contribution < -0.4 is 4.72 Å². The summed E-state index contributed by atoms with van der Waals surface area (Å²) in [6.45, 7) is 0. The van der Waals surface area contributed by atoms with Crippen LogP contribution in [0.4, 0.5) is 5.69 Å². The fourth-order valence-electron chi connectivity index (χ4n) is 1.43. The van der Waals surface area contributed by atoms with Gasteiger partial charge in [0, 0.05) is 12.4 Å². The van der Waals surface area contributed by atoms with E-state index in [9.17, 15) is 8.42 Å². The number of halogens is 1. The van der Waals surface area contributed by atoms with Crippen molar-refractivity contribution in [2.45, 2.75) is 5.75 Å².